The molecule has 4 N–H and O–H groups in total. The Morgan fingerprint density at radius 3 is 2.40 bits per heavy atom. The number of halogens is 1. The molecular formula is C20H17FN4O4S. The van der Waals surface area contributed by atoms with E-state index in [-0.39, 0.29) is 24.4 Å². The number of ether oxygens (including phenoxy) is 1. The summed E-state index contributed by atoms with van der Waals surface area (Å²) in [5, 5.41) is 2.39. The fourth-order valence-electron chi connectivity index (χ4n) is 2.38. The third-order valence-corrected chi connectivity index (χ3v) is 4.74. The largest absolute Gasteiger partial charge is 0.484 e. The van der Waals surface area contributed by atoms with Gasteiger partial charge >= 0.3 is 0 Å². The number of aromatic nitrogens is 1. The Hall–Kier alpha value is -3.79. The summed E-state index contributed by atoms with van der Waals surface area (Å²) in [5.74, 6) is -1.52. The standard InChI is InChI=1S/C20H17FN4O4S/c21-14-5-1-13(2-6-14)20-23-15(11-30-20)9-18(27)24-25-19(28)12-3-7-16(8-4-12)29-10-17(22)26/h1-8,11H,9-10H2,(H2,22,26)(H,24,27)(H,25,28). The Bertz CT molecular complexity index is 1050. The van der Waals surface area contributed by atoms with Crippen molar-refractivity contribution in [1.29, 1.82) is 0 Å². The number of hydrogen-bond donors (Lipinski definition) is 3. The third-order valence-electron chi connectivity index (χ3n) is 3.80. The number of carbonyl (C=O) groups excluding carboxylic acids is 3. The number of amides is 3. The van der Waals surface area contributed by atoms with Crippen LogP contribution in [0.2, 0.25) is 0 Å². The lowest BCUT2D eigenvalue weighted by Crippen LogP contribution is -2.42. The van der Waals surface area contributed by atoms with Gasteiger partial charge in [-0.3, -0.25) is 25.2 Å². The second kappa shape index (κ2) is 9.61. The highest BCUT2D eigenvalue weighted by molar-refractivity contribution is 7.13. The highest BCUT2D eigenvalue weighted by Gasteiger charge is 2.11. The molecule has 0 unspecified atom stereocenters. The first-order valence-corrected chi connectivity index (χ1v) is 9.59. The molecule has 0 saturated heterocycles. The summed E-state index contributed by atoms with van der Waals surface area (Å²) in [7, 11) is 0. The molecule has 2 aromatic carbocycles. The fourth-order valence-corrected chi connectivity index (χ4v) is 3.20. The first-order valence-electron chi connectivity index (χ1n) is 8.71. The zero-order chi connectivity index (χ0) is 21.5. The molecule has 8 nitrogen and oxygen atoms in total. The summed E-state index contributed by atoms with van der Waals surface area (Å²) in [4.78, 5) is 39.2. The summed E-state index contributed by atoms with van der Waals surface area (Å²) in [6.07, 6.45) is -0.0299. The molecule has 0 fully saturated rings. The monoisotopic (exact) mass is 428 g/mol. The van der Waals surface area contributed by atoms with Gasteiger partial charge in [0, 0.05) is 16.5 Å². The van der Waals surface area contributed by atoms with E-state index in [1.165, 1.54) is 47.7 Å². The number of carbonyl (C=O) groups is 3. The molecule has 0 bridgehead atoms. The number of nitrogens with zero attached hydrogens (tertiary/aromatic N) is 1. The molecule has 0 aliphatic rings. The van der Waals surface area contributed by atoms with Gasteiger partial charge in [0.05, 0.1) is 12.1 Å². The molecular weight excluding hydrogens is 411 g/mol. The summed E-state index contributed by atoms with van der Waals surface area (Å²) in [6, 6.07) is 11.9. The van der Waals surface area contributed by atoms with Crippen molar-refractivity contribution in [3.8, 4) is 16.3 Å². The molecule has 0 radical (unpaired) electrons. The summed E-state index contributed by atoms with van der Waals surface area (Å²) >= 11 is 1.34. The number of primary amides is 1. The lowest BCUT2D eigenvalue weighted by molar-refractivity contribution is -0.121. The summed E-state index contributed by atoms with van der Waals surface area (Å²) in [6.45, 7) is -0.263. The van der Waals surface area contributed by atoms with Gasteiger partial charge in [-0.2, -0.15) is 0 Å². The number of hydrazine groups is 1. The Balaban J connectivity index is 1.49. The van der Waals surface area contributed by atoms with Gasteiger partial charge in [-0.05, 0) is 48.5 Å². The van der Waals surface area contributed by atoms with E-state index in [0.717, 1.165) is 5.56 Å². The van der Waals surface area contributed by atoms with Crippen molar-refractivity contribution in [1.82, 2.24) is 15.8 Å². The van der Waals surface area contributed by atoms with Gasteiger partial charge in [0.15, 0.2) is 6.61 Å². The molecule has 3 amide bonds. The second-order valence-corrected chi connectivity index (χ2v) is 6.97. The predicted octanol–water partition coefficient (Wildman–Crippen LogP) is 1.82. The van der Waals surface area contributed by atoms with Gasteiger partial charge in [-0.1, -0.05) is 0 Å². The lowest BCUT2D eigenvalue weighted by atomic mass is 10.2. The Morgan fingerprint density at radius 1 is 1.03 bits per heavy atom. The van der Waals surface area contributed by atoms with E-state index in [1.807, 2.05) is 0 Å². The van der Waals surface area contributed by atoms with Gasteiger partial charge in [0.1, 0.15) is 16.6 Å². The van der Waals surface area contributed by atoms with Crippen molar-refractivity contribution in [3.05, 3.63) is 71.0 Å². The van der Waals surface area contributed by atoms with Crippen LogP contribution < -0.4 is 21.3 Å². The molecule has 0 spiro atoms. The van der Waals surface area contributed by atoms with E-state index < -0.39 is 17.7 Å². The number of hydrogen-bond acceptors (Lipinski definition) is 6. The minimum absolute atomic E-state index is 0.0299. The zero-order valence-corrected chi connectivity index (χ0v) is 16.4. The molecule has 3 aromatic rings. The Kier molecular flexibility index (Phi) is 6.71. The number of thiazole rings is 1. The molecule has 0 aliphatic heterocycles. The van der Waals surface area contributed by atoms with Crippen LogP contribution in [0.25, 0.3) is 10.6 Å². The lowest BCUT2D eigenvalue weighted by Gasteiger charge is -2.08. The molecule has 154 valence electrons. The maximum absolute atomic E-state index is 13.0. The first-order chi connectivity index (χ1) is 14.4. The molecule has 1 aromatic heterocycles. The smallest absolute Gasteiger partial charge is 0.269 e. The van der Waals surface area contributed by atoms with E-state index in [4.69, 9.17) is 10.5 Å². The maximum Gasteiger partial charge on any atom is 0.269 e. The fraction of sp³-hybridized carbons (Fsp3) is 0.100. The van der Waals surface area contributed by atoms with E-state index in [9.17, 15) is 18.8 Å². The number of nitrogens with two attached hydrogens (primary N) is 1. The van der Waals surface area contributed by atoms with Crippen LogP contribution in [0.15, 0.2) is 53.9 Å². The number of benzene rings is 2. The van der Waals surface area contributed by atoms with Gasteiger partial charge in [0.2, 0.25) is 5.91 Å². The Labute approximate surface area is 174 Å². The molecule has 3 rings (SSSR count). The van der Waals surface area contributed by atoms with Crippen LogP contribution in [0.1, 0.15) is 16.1 Å². The average molecular weight is 428 g/mol. The summed E-state index contributed by atoms with van der Waals surface area (Å²) < 4.78 is 18.1. The molecule has 0 aliphatic carbocycles. The molecule has 0 atom stereocenters. The van der Waals surface area contributed by atoms with Crippen LogP contribution in [0.5, 0.6) is 5.75 Å². The number of nitrogens with one attached hydrogen (secondary N) is 2. The number of rotatable bonds is 7. The van der Waals surface area contributed by atoms with Gasteiger partial charge < -0.3 is 10.5 Å². The van der Waals surface area contributed by atoms with Crippen LogP contribution in [-0.2, 0) is 16.0 Å². The van der Waals surface area contributed by atoms with Gasteiger partial charge in [-0.25, -0.2) is 9.37 Å². The molecule has 1 heterocycles. The normalized spacial score (nSPS) is 10.3. The van der Waals surface area contributed by atoms with Crippen LogP contribution in [-0.4, -0.2) is 29.3 Å². The maximum atomic E-state index is 13.0. The van der Waals surface area contributed by atoms with Crippen LogP contribution >= 0.6 is 11.3 Å². The van der Waals surface area contributed by atoms with Crippen molar-refractivity contribution in [2.24, 2.45) is 5.73 Å². The van der Waals surface area contributed by atoms with E-state index in [2.05, 4.69) is 15.8 Å². The third kappa shape index (κ3) is 5.85. The SMILES string of the molecule is NC(=O)COc1ccc(C(=O)NNC(=O)Cc2csc(-c3ccc(F)cc3)n2)cc1. The minimum Gasteiger partial charge on any atom is -0.484 e. The quantitative estimate of drug-likeness (QED) is 0.495. The van der Waals surface area contributed by atoms with Crippen LogP contribution in [0.3, 0.4) is 0 Å². The highest BCUT2D eigenvalue weighted by atomic mass is 32.1. The predicted molar refractivity (Wildman–Crippen MR) is 108 cm³/mol. The van der Waals surface area contributed by atoms with Gasteiger partial charge in [0.25, 0.3) is 11.8 Å². The second-order valence-electron chi connectivity index (χ2n) is 6.11. The summed E-state index contributed by atoms with van der Waals surface area (Å²) in [5.41, 5.74) is 11.2. The van der Waals surface area contributed by atoms with Crippen molar-refractivity contribution in [3.63, 3.8) is 0 Å². The van der Waals surface area contributed by atoms with E-state index >= 15 is 0 Å². The molecule has 0 saturated carbocycles. The average Bonchev–Trinajstić information content (AvgIpc) is 3.19. The van der Waals surface area contributed by atoms with E-state index in [0.29, 0.717) is 16.5 Å². The topological polar surface area (TPSA) is 123 Å². The van der Waals surface area contributed by atoms with Crippen molar-refractivity contribution in [2.45, 2.75) is 6.42 Å². The highest BCUT2D eigenvalue weighted by Crippen LogP contribution is 2.24. The Morgan fingerprint density at radius 2 is 1.73 bits per heavy atom. The zero-order valence-electron chi connectivity index (χ0n) is 15.6. The molecule has 30 heavy (non-hydrogen) atoms. The van der Waals surface area contributed by atoms with Crippen LogP contribution in [0, 0.1) is 5.82 Å². The van der Waals surface area contributed by atoms with Gasteiger partial charge in [-0.15, -0.1) is 11.3 Å². The van der Waals surface area contributed by atoms with Crippen LogP contribution in [0.4, 0.5) is 4.39 Å². The molecule has 10 heteroatoms. The first kappa shape index (κ1) is 20.9. The van der Waals surface area contributed by atoms with Crippen molar-refractivity contribution < 1.29 is 23.5 Å². The minimum atomic E-state index is -0.607. The van der Waals surface area contributed by atoms with Crippen molar-refractivity contribution in [2.75, 3.05) is 6.61 Å². The van der Waals surface area contributed by atoms with Crippen molar-refractivity contribution >= 4 is 29.1 Å². The van der Waals surface area contributed by atoms with E-state index in [1.54, 1.807) is 17.5 Å².